The third-order valence-electron chi connectivity index (χ3n) is 2.53. The molecule has 2 heteroatoms. The summed E-state index contributed by atoms with van der Waals surface area (Å²) in [7, 11) is 0. The number of unbranched alkanes of at least 4 members (excludes halogenated alkanes) is 2. The molecule has 0 radical (unpaired) electrons. The summed E-state index contributed by atoms with van der Waals surface area (Å²) in [5, 5.41) is 0. The first-order valence-electron chi connectivity index (χ1n) is 5.98. The van der Waals surface area contributed by atoms with Crippen LogP contribution in [0.2, 0.25) is 0 Å². The molecule has 1 unspecified atom stereocenters. The second-order valence-electron chi connectivity index (χ2n) is 4.08. The Labute approximate surface area is 88.3 Å². The van der Waals surface area contributed by atoms with Gasteiger partial charge in [0.05, 0.1) is 0 Å². The predicted octanol–water partition coefficient (Wildman–Crippen LogP) is 3.04. The van der Waals surface area contributed by atoms with Gasteiger partial charge in [-0.15, -0.1) is 0 Å². The molecule has 1 atom stereocenters. The first-order chi connectivity index (χ1) is 6.70. The lowest BCUT2D eigenvalue weighted by Gasteiger charge is -2.09. The number of nitrogens with two attached hydrogens (primary N) is 1. The molecule has 0 bridgehead atoms. The van der Waals surface area contributed by atoms with Crippen molar-refractivity contribution in [1.82, 2.24) is 0 Å². The molecule has 0 aliphatic heterocycles. The van der Waals surface area contributed by atoms with Gasteiger partial charge in [-0.05, 0) is 19.3 Å². The number of hydrogen-bond donors (Lipinski definition) is 1. The van der Waals surface area contributed by atoms with E-state index in [1.54, 1.807) is 0 Å². The summed E-state index contributed by atoms with van der Waals surface area (Å²) >= 11 is 0. The van der Waals surface area contributed by atoms with Gasteiger partial charge in [0.2, 0.25) is 0 Å². The Kier molecular flexibility index (Phi) is 8.95. The zero-order chi connectivity index (χ0) is 10.8. The van der Waals surface area contributed by atoms with E-state index in [0.29, 0.717) is 12.2 Å². The summed E-state index contributed by atoms with van der Waals surface area (Å²) in [6, 6.07) is 0.237. The Bertz CT molecular complexity index is 145. The van der Waals surface area contributed by atoms with E-state index in [1.165, 1.54) is 12.8 Å². The molecular formula is C12H25NO. The molecule has 0 fully saturated rings. The van der Waals surface area contributed by atoms with Crippen LogP contribution in [-0.4, -0.2) is 11.8 Å². The molecule has 0 aromatic carbocycles. The van der Waals surface area contributed by atoms with Crippen molar-refractivity contribution in [2.24, 2.45) is 5.73 Å². The van der Waals surface area contributed by atoms with Crippen LogP contribution in [0.15, 0.2) is 0 Å². The van der Waals surface area contributed by atoms with Gasteiger partial charge >= 0.3 is 0 Å². The number of hydrogen-bond acceptors (Lipinski definition) is 2. The Morgan fingerprint density at radius 3 is 2.29 bits per heavy atom. The Morgan fingerprint density at radius 2 is 1.71 bits per heavy atom. The number of carbonyl (C=O) groups is 1. The minimum absolute atomic E-state index is 0.237. The minimum Gasteiger partial charge on any atom is -0.328 e. The van der Waals surface area contributed by atoms with Crippen molar-refractivity contribution < 1.29 is 4.79 Å². The van der Waals surface area contributed by atoms with Crippen LogP contribution in [-0.2, 0) is 4.79 Å². The SMILES string of the molecule is CCCCC(=O)CCC(N)CCCC. The molecule has 0 aliphatic rings. The average Bonchev–Trinajstić information content (AvgIpc) is 2.20. The first kappa shape index (κ1) is 13.6. The minimum atomic E-state index is 0.237. The third kappa shape index (κ3) is 8.24. The highest BCUT2D eigenvalue weighted by Crippen LogP contribution is 2.07. The molecule has 0 amide bonds. The maximum absolute atomic E-state index is 11.3. The van der Waals surface area contributed by atoms with E-state index in [9.17, 15) is 4.79 Å². The molecule has 0 heterocycles. The lowest BCUT2D eigenvalue weighted by Crippen LogP contribution is -2.20. The second kappa shape index (κ2) is 9.20. The van der Waals surface area contributed by atoms with E-state index in [-0.39, 0.29) is 6.04 Å². The van der Waals surface area contributed by atoms with Crippen molar-refractivity contribution in [2.45, 2.75) is 71.3 Å². The second-order valence-corrected chi connectivity index (χ2v) is 4.08. The number of ketones is 1. The highest BCUT2D eigenvalue weighted by Gasteiger charge is 2.06. The van der Waals surface area contributed by atoms with Gasteiger partial charge in [0, 0.05) is 18.9 Å². The summed E-state index contributed by atoms with van der Waals surface area (Å²) in [6.07, 6.45) is 7.89. The molecule has 14 heavy (non-hydrogen) atoms. The Morgan fingerprint density at radius 1 is 1.07 bits per heavy atom. The molecular weight excluding hydrogens is 174 g/mol. The van der Waals surface area contributed by atoms with E-state index in [0.717, 1.165) is 32.1 Å². The van der Waals surface area contributed by atoms with Crippen LogP contribution in [0, 0.1) is 0 Å². The molecule has 2 N–H and O–H groups in total. The van der Waals surface area contributed by atoms with Crippen LogP contribution in [0.3, 0.4) is 0 Å². The topological polar surface area (TPSA) is 43.1 Å². The number of Topliss-reactive ketones (excluding diaryl/α,β-unsaturated/α-hetero) is 1. The van der Waals surface area contributed by atoms with Crippen LogP contribution in [0.1, 0.15) is 65.2 Å². The van der Waals surface area contributed by atoms with Gasteiger partial charge in [0.1, 0.15) is 5.78 Å². The van der Waals surface area contributed by atoms with Gasteiger partial charge in [0.15, 0.2) is 0 Å². The summed E-state index contributed by atoms with van der Waals surface area (Å²) in [5.74, 6) is 0.388. The van der Waals surface area contributed by atoms with Crippen molar-refractivity contribution in [3.8, 4) is 0 Å². The fraction of sp³-hybridized carbons (Fsp3) is 0.917. The fourth-order valence-electron chi connectivity index (χ4n) is 1.46. The summed E-state index contributed by atoms with van der Waals surface area (Å²) in [6.45, 7) is 4.28. The number of carbonyl (C=O) groups excluding carboxylic acids is 1. The van der Waals surface area contributed by atoms with Crippen molar-refractivity contribution in [3.63, 3.8) is 0 Å². The van der Waals surface area contributed by atoms with Crippen LogP contribution < -0.4 is 5.73 Å². The number of rotatable bonds is 9. The van der Waals surface area contributed by atoms with Crippen LogP contribution >= 0.6 is 0 Å². The Balaban J connectivity index is 3.36. The molecule has 0 aliphatic carbocycles. The third-order valence-corrected chi connectivity index (χ3v) is 2.53. The fourth-order valence-corrected chi connectivity index (χ4v) is 1.46. The van der Waals surface area contributed by atoms with E-state index in [1.807, 2.05) is 0 Å². The highest BCUT2D eigenvalue weighted by atomic mass is 16.1. The maximum atomic E-state index is 11.3. The summed E-state index contributed by atoms with van der Waals surface area (Å²) < 4.78 is 0. The zero-order valence-corrected chi connectivity index (χ0v) is 9.72. The molecule has 0 aromatic rings. The summed E-state index contributed by atoms with van der Waals surface area (Å²) in [5.41, 5.74) is 5.88. The maximum Gasteiger partial charge on any atom is 0.132 e. The standard InChI is InChI=1S/C12H25NO/c1-3-5-7-11(13)9-10-12(14)8-6-4-2/h11H,3-10,13H2,1-2H3. The van der Waals surface area contributed by atoms with Gasteiger partial charge in [0.25, 0.3) is 0 Å². The molecule has 2 nitrogen and oxygen atoms in total. The smallest absolute Gasteiger partial charge is 0.132 e. The molecule has 0 saturated carbocycles. The van der Waals surface area contributed by atoms with Crippen LogP contribution in [0.4, 0.5) is 0 Å². The molecule has 0 spiro atoms. The van der Waals surface area contributed by atoms with E-state index in [4.69, 9.17) is 5.73 Å². The molecule has 0 aromatic heterocycles. The van der Waals surface area contributed by atoms with Crippen molar-refractivity contribution in [3.05, 3.63) is 0 Å². The van der Waals surface area contributed by atoms with Crippen molar-refractivity contribution in [1.29, 1.82) is 0 Å². The quantitative estimate of drug-likeness (QED) is 0.620. The molecule has 84 valence electrons. The molecule has 0 saturated heterocycles. The van der Waals surface area contributed by atoms with Crippen molar-refractivity contribution in [2.75, 3.05) is 0 Å². The van der Waals surface area contributed by atoms with E-state index < -0.39 is 0 Å². The van der Waals surface area contributed by atoms with E-state index >= 15 is 0 Å². The van der Waals surface area contributed by atoms with Gasteiger partial charge < -0.3 is 5.73 Å². The van der Waals surface area contributed by atoms with Gasteiger partial charge in [-0.1, -0.05) is 33.1 Å². The molecule has 0 rings (SSSR count). The first-order valence-corrected chi connectivity index (χ1v) is 5.98. The lowest BCUT2D eigenvalue weighted by atomic mass is 10.0. The van der Waals surface area contributed by atoms with Gasteiger partial charge in [-0.2, -0.15) is 0 Å². The zero-order valence-electron chi connectivity index (χ0n) is 9.72. The van der Waals surface area contributed by atoms with Crippen LogP contribution in [0.25, 0.3) is 0 Å². The average molecular weight is 199 g/mol. The van der Waals surface area contributed by atoms with Crippen molar-refractivity contribution >= 4 is 5.78 Å². The Hall–Kier alpha value is -0.370. The van der Waals surface area contributed by atoms with E-state index in [2.05, 4.69) is 13.8 Å². The lowest BCUT2D eigenvalue weighted by molar-refractivity contribution is -0.119. The predicted molar refractivity (Wildman–Crippen MR) is 61.3 cm³/mol. The van der Waals surface area contributed by atoms with Crippen LogP contribution in [0.5, 0.6) is 0 Å². The summed E-state index contributed by atoms with van der Waals surface area (Å²) in [4.78, 5) is 11.3. The largest absolute Gasteiger partial charge is 0.328 e. The normalized spacial score (nSPS) is 12.8. The van der Waals surface area contributed by atoms with Gasteiger partial charge in [-0.3, -0.25) is 4.79 Å². The monoisotopic (exact) mass is 199 g/mol. The van der Waals surface area contributed by atoms with Gasteiger partial charge in [-0.25, -0.2) is 0 Å². The highest BCUT2D eigenvalue weighted by molar-refractivity contribution is 5.78.